The largest absolute Gasteiger partial charge is 0.416 e. The number of para-hydroxylation sites is 1. The summed E-state index contributed by atoms with van der Waals surface area (Å²) in [6, 6.07) is 6.55. The van der Waals surface area contributed by atoms with Crippen LogP contribution in [0.2, 0.25) is 0 Å². The van der Waals surface area contributed by atoms with Crippen molar-refractivity contribution < 1.29 is 23.1 Å². The molecule has 0 aliphatic heterocycles. The number of nitrogen functional groups attached to an aromatic ring is 1. The number of anilines is 1. The number of alkyl halides is 3. The Morgan fingerprint density at radius 3 is 2.56 bits per heavy atom. The van der Waals surface area contributed by atoms with E-state index >= 15 is 0 Å². The molecule has 0 aliphatic carbocycles. The Hall–Kier alpha value is -1.76. The van der Waals surface area contributed by atoms with Gasteiger partial charge in [0.05, 0.1) is 13.0 Å². The van der Waals surface area contributed by atoms with E-state index in [1.807, 2.05) is 5.32 Å². The van der Waals surface area contributed by atoms with Gasteiger partial charge in [-0.05, 0) is 11.6 Å². The van der Waals surface area contributed by atoms with Crippen LogP contribution < -0.4 is 11.1 Å². The summed E-state index contributed by atoms with van der Waals surface area (Å²) in [4.78, 5) is 11.4. The fraction of sp³-hybridized carbons (Fsp3) is 0.364. The maximum atomic E-state index is 12.0. The molecule has 1 amide bonds. The van der Waals surface area contributed by atoms with Gasteiger partial charge in [0.1, 0.15) is 0 Å². The first-order valence-electron chi connectivity index (χ1n) is 5.15. The Kier molecular flexibility index (Phi) is 4.55. The topological polar surface area (TPSA) is 75.4 Å². The van der Waals surface area contributed by atoms with Crippen molar-refractivity contribution in [3.05, 3.63) is 29.8 Å². The molecule has 0 radical (unpaired) electrons. The normalized spacial score (nSPS) is 13.1. The monoisotopic (exact) mass is 262 g/mol. The van der Waals surface area contributed by atoms with Crippen molar-refractivity contribution in [3.63, 3.8) is 0 Å². The Morgan fingerprint density at radius 2 is 2.00 bits per heavy atom. The molecule has 1 aromatic carbocycles. The molecule has 4 nitrogen and oxygen atoms in total. The summed E-state index contributed by atoms with van der Waals surface area (Å²) >= 11 is 0. The second kappa shape index (κ2) is 5.72. The van der Waals surface area contributed by atoms with E-state index in [4.69, 9.17) is 10.8 Å². The number of benzene rings is 1. The summed E-state index contributed by atoms with van der Waals surface area (Å²) in [7, 11) is 0. The molecule has 1 rings (SSSR count). The number of halogens is 3. The molecule has 18 heavy (non-hydrogen) atoms. The van der Waals surface area contributed by atoms with E-state index < -0.39 is 24.7 Å². The molecule has 1 aromatic rings. The first-order valence-corrected chi connectivity index (χ1v) is 5.15. The predicted molar refractivity (Wildman–Crippen MR) is 59.6 cm³/mol. The third kappa shape index (κ3) is 4.25. The summed E-state index contributed by atoms with van der Waals surface area (Å²) in [6.07, 6.45) is -7.43. The molecule has 1 atom stereocenters. The highest BCUT2D eigenvalue weighted by atomic mass is 19.4. The lowest BCUT2D eigenvalue weighted by Crippen LogP contribution is -2.41. The standard InChI is InChI=1S/C11H13F3N2O2/c12-11(13,14)9(17)6-16-10(18)5-7-3-1-2-4-8(7)15/h1-4,9,17H,5-6,15H2,(H,16,18). The van der Waals surface area contributed by atoms with Gasteiger partial charge in [0.2, 0.25) is 5.91 Å². The molecular weight excluding hydrogens is 249 g/mol. The van der Waals surface area contributed by atoms with Gasteiger partial charge in [0.15, 0.2) is 6.10 Å². The van der Waals surface area contributed by atoms with Gasteiger partial charge in [-0.15, -0.1) is 0 Å². The van der Waals surface area contributed by atoms with E-state index in [9.17, 15) is 18.0 Å². The summed E-state index contributed by atoms with van der Waals surface area (Å²) in [5.74, 6) is -0.629. The SMILES string of the molecule is Nc1ccccc1CC(=O)NCC(O)C(F)(F)F. The molecule has 0 fully saturated rings. The molecule has 0 heterocycles. The van der Waals surface area contributed by atoms with Gasteiger partial charge in [0, 0.05) is 5.69 Å². The van der Waals surface area contributed by atoms with E-state index in [0.29, 0.717) is 11.3 Å². The predicted octanol–water partition coefficient (Wildman–Crippen LogP) is 0.851. The molecule has 0 bridgehead atoms. The smallest absolute Gasteiger partial charge is 0.398 e. The second-order valence-electron chi connectivity index (χ2n) is 3.74. The van der Waals surface area contributed by atoms with Gasteiger partial charge >= 0.3 is 6.18 Å². The van der Waals surface area contributed by atoms with Crippen molar-refractivity contribution in [1.29, 1.82) is 0 Å². The first-order chi connectivity index (χ1) is 8.30. The molecular formula is C11H13F3N2O2. The van der Waals surface area contributed by atoms with Crippen molar-refractivity contribution in [2.24, 2.45) is 0 Å². The van der Waals surface area contributed by atoms with Crippen LogP contribution >= 0.6 is 0 Å². The average Bonchev–Trinajstić information content (AvgIpc) is 2.27. The van der Waals surface area contributed by atoms with Crippen LogP contribution in [0, 0.1) is 0 Å². The van der Waals surface area contributed by atoms with Crippen LogP contribution in [0.25, 0.3) is 0 Å². The number of nitrogens with two attached hydrogens (primary N) is 1. The Morgan fingerprint density at radius 1 is 1.39 bits per heavy atom. The molecule has 0 aromatic heterocycles. The minimum atomic E-state index is -4.74. The summed E-state index contributed by atoms with van der Waals surface area (Å²) in [5.41, 5.74) is 6.50. The minimum Gasteiger partial charge on any atom is -0.398 e. The third-order valence-corrected chi connectivity index (χ3v) is 2.28. The van der Waals surface area contributed by atoms with Crippen molar-refractivity contribution in [1.82, 2.24) is 5.32 Å². The Bertz CT molecular complexity index is 421. The molecule has 0 aliphatic rings. The lowest BCUT2D eigenvalue weighted by Gasteiger charge is -2.15. The summed E-state index contributed by atoms with van der Waals surface area (Å²) in [5, 5.41) is 10.7. The fourth-order valence-corrected chi connectivity index (χ4v) is 1.26. The highest BCUT2D eigenvalue weighted by molar-refractivity contribution is 5.80. The lowest BCUT2D eigenvalue weighted by molar-refractivity contribution is -0.201. The van der Waals surface area contributed by atoms with Gasteiger partial charge in [0.25, 0.3) is 0 Å². The highest BCUT2D eigenvalue weighted by Gasteiger charge is 2.38. The number of hydrogen-bond acceptors (Lipinski definition) is 3. The second-order valence-corrected chi connectivity index (χ2v) is 3.74. The van der Waals surface area contributed by atoms with Crippen LogP contribution in [0.4, 0.5) is 18.9 Å². The van der Waals surface area contributed by atoms with Gasteiger partial charge < -0.3 is 16.2 Å². The van der Waals surface area contributed by atoms with E-state index in [1.165, 1.54) is 0 Å². The van der Waals surface area contributed by atoms with Crippen LogP contribution in [0.15, 0.2) is 24.3 Å². The van der Waals surface area contributed by atoms with Gasteiger partial charge in [-0.3, -0.25) is 4.79 Å². The average molecular weight is 262 g/mol. The molecule has 7 heteroatoms. The summed E-state index contributed by atoms with van der Waals surface area (Å²) in [6.45, 7) is -0.866. The van der Waals surface area contributed by atoms with E-state index in [2.05, 4.69) is 0 Å². The Labute approximate surface area is 102 Å². The molecule has 0 saturated carbocycles. The zero-order valence-corrected chi connectivity index (χ0v) is 9.37. The highest BCUT2D eigenvalue weighted by Crippen LogP contribution is 2.19. The van der Waals surface area contributed by atoms with Crippen LogP contribution in [-0.4, -0.2) is 29.8 Å². The van der Waals surface area contributed by atoms with Crippen LogP contribution in [0.1, 0.15) is 5.56 Å². The third-order valence-electron chi connectivity index (χ3n) is 2.28. The number of nitrogens with one attached hydrogen (secondary N) is 1. The molecule has 1 unspecified atom stereocenters. The van der Waals surface area contributed by atoms with Crippen LogP contribution in [0.3, 0.4) is 0 Å². The minimum absolute atomic E-state index is 0.128. The molecule has 0 saturated heterocycles. The first kappa shape index (κ1) is 14.3. The quantitative estimate of drug-likeness (QED) is 0.704. The van der Waals surface area contributed by atoms with E-state index in [0.717, 1.165) is 0 Å². The zero-order chi connectivity index (χ0) is 13.8. The van der Waals surface area contributed by atoms with Gasteiger partial charge in [-0.25, -0.2) is 0 Å². The van der Waals surface area contributed by atoms with Gasteiger partial charge in [-0.2, -0.15) is 13.2 Å². The maximum absolute atomic E-state index is 12.0. The Balaban J connectivity index is 2.46. The lowest BCUT2D eigenvalue weighted by atomic mass is 10.1. The fourth-order valence-electron chi connectivity index (χ4n) is 1.26. The van der Waals surface area contributed by atoms with E-state index in [1.54, 1.807) is 24.3 Å². The number of hydrogen-bond donors (Lipinski definition) is 3. The summed E-state index contributed by atoms with van der Waals surface area (Å²) < 4.78 is 35.9. The van der Waals surface area contributed by atoms with Crippen molar-refractivity contribution in [3.8, 4) is 0 Å². The number of aliphatic hydroxyl groups is 1. The number of amides is 1. The number of aliphatic hydroxyl groups excluding tert-OH is 1. The van der Waals surface area contributed by atoms with Crippen molar-refractivity contribution >= 4 is 11.6 Å². The zero-order valence-electron chi connectivity index (χ0n) is 9.37. The molecule has 100 valence electrons. The number of rotatable bonds is 4. The molecule has 0 spiro atoms. The van der Waals surface area contributed by atoms with Gasteiger partial charge in [-0.1, -0.05) is 18.2 Å². The maximum Gasteiger partial charge on any atom is 0.416 e. The number of carbonyl (C=O) groups excluding carboxylic acids is 1. The van der Waals surface area contributed by atoms with Crippen LogP contribution in [0.5, 0.6) is 0 Å². The van der Waals surface area contributed by atoms with Crippen molar-refractivity contribution in [2.75, 3.05) is 12.3 Å². The number of carbonyl (C=O) groups is 1. The van der Waals surface area contributed by atoms with E-state index in [-0.39, 0.29) is 6.42 Å². The van der Waals surface area contributed by atoms with Crippen molar-refractivity contribution in [2.45, 2.75) is 18.7 Å². The molecule has 4 N–H and O–H groups in total. The van der Waals surface area contributed by atoms with Crippen LogP contribution in [-0.2, 0) is 11.2 Å².